The van der Waals surface area contributed by atoms with Gasteiger partial charge in [-0.15, -0.1) is 0 Å². The van der Waals surface area contributed by atoms with Gasteiger partial charge in [0.1, 0.15) is 17.7 Å². The van der Waals surface area contributed by atoms with Crippen LogP contribution < -0.4 is 4.74 Å². The molecule has 0 N–H and O–H groups in total. The number of allylic oxidation sites excluding steroid dienone is 1. The zero-order chi connectivity index (χ0) is 17.8. The van der Waals surface area contributed by atoms with Crippen LogP contribution in [0.2, 0.25) is 0 Å². The number of carbonyl (C=O) groups is 1. The third kappa shape index (κ3) is 2.99. The van der Waals surface area contributed by atoms with Crippen molar-refractivity contribution in [2.24, 2.45) is 0 Å². The normalized spacial score (nSPS) is 9.88. The Hall–Kier alpha value is -3.83. The molecule has 5 heteroatoms. The van der Waals surface area contributed by atoms with Crippen LogP contribution in [0.4, 0.5) is 0 Å². The largest absolute Gasteiger partial charge is 0.424 e. The highest BCUT2D eigenvalue weighted by molar-refractivity contribution is 5.93. The van der Waals surface area contributed by atoms with Gasteiger partial charge in [-0.1, -0.05) is 36.4 Å². The molecule has 0 aliphatic carbocycles. The number of ether oxygens (including phenoxy) is 1. The minimum atomic E-state index is -0.474. The Balaban J connectivity index is 2.43. The van der Waals surface area contributed by atoms with Crippen LogP contribution >= 0.6 is 0 Å². The highest BCUT2D eigenvalue weighted by atomic mass is 16.5. The molecule has 3 rings (SSSR count). The Labute approximate surface area is 144 Å². The van der Waals surface area contributed by atoms with Crippen LogP contribution in [0.15, 0.2) is 60.3 Å². The summed E-state index contributed by atoms with van der Waals surface area (Å²) in [6, 6.07) is 18.8. The Morgan fingerprint density at radius 3 is 2.40 bits per heavy atom. The predicted octanol–water partition coefficient (Wildman–Crippen LogP) is 3.96. The molecule has 3 aromatic rings. The summed E-state index contributed by atoms with van der Waals surface area (Å²) >= 11 is 0. The first kappa shape index (κ1) is 16.0. The van der Waals surface area contributed by atoms with Crippen LogP contribution in [0.5, 0.6) is 5.75 Å². The predicted molar refractivity (Wildman–Crippen MR) is 93.3 cm³/mol. The fraction of sp³-hybridized carbons (Fsp3) is 0.0500. The molecule has 0 saturated heterocycles. The fourth-order valence-electron chi connectivity index (χ4n) is 2.70. The maximum absolute atomic E-state index is 11.7. The van der Waals surface area contributed by atoms with Gasteiger partial charge in [-0.3, -0.25) is 4.79 Å². The maximum atomic E-state index is 11.7. The van der Waals surface area contributed by atoms with Gasteiger partial charge >= 0.3 is 5.97 Å². The molecule has 120 valence electrons. The van der Waals surface area contributed by atoms with Crippen LogP contribution in [0.3, 0.4) is 0 Å². The molecular weight excluding hydrogens is 314 g/mol. The van der Waals surface area contributed by atoms with E-state index in [9.17, 15) is 4.79 Å². The number of hydrogen-bond acceptors (Lipinski definition) is 4. The molecule has 0 amide bonds. The summed E-state index contributed by atoms with van der Waals surface area (Å²) in [6.45, 7) is 1.32. The Morgan fingerprint density at radius 2 is 1.76 bits per heavy atom. The lowest BCUT2D eigenvalue weighted by atomic mass is 10.1. The summed E-state index contributed by atoms with van der Waals surface area (Å²) < 4.78 is 7.28. The first-order chi connectivity index (χ1) is 12.2. The summed E-state index contributed by atoms with van der Waals surface area (Å²) in [6.07, 6.45) is 3.23. The number of fused-ring (bicyclic) bond motifs is 1. The molecule has 5 nitrogen and oxygen atoms in total. The summed E-state index contributed by atoms with van der Waals surface area (Å²) in [5, 5.41) is 18.2. The van der Waals surface area contributed by atoms with Gasteiger partial charge in [-0.25, -0.2) is 0 Å². The van der Waals surface area contributed by atoms with E-state index in [1.54, 1.807) is 10.6 Å². The van der Waals surface area contributed by atoms with Gasteiger partial charge < -0.3 is 9.14 Å². The maximum Gasteiger partial charge on any atom is 0.308 e. The Kier molecular flexibility index (Phi) is 4.32. The number of esters is 1. The quantitative estimate of drug-likeness (QED) is 0.539. The minimum Gasteiger partial charge on any atom is -0.424 e. The van der Waals surface area contributed by atoms with Crippen molar-refractivity contribution in [3.8, 4) is 29.0 Å². The second kappa shape index (κ2) is 6.74. The molecule has 0 atom stereocenters. The van der Waals surface area contributed by atoms with Crippen molar-refractivity contribution in [1.29, 1.82) is 10.5 Å². The lowest BCUT2D eigenvalue weighted by Gasteiger charge is -2.05. The number of aromatic nitrogens is 1. The topological polar surface area (TPSA) is 78.3 Å². The van der Waals surface area contributed by atoms with E-state index in [1.807, 2.05) is 60.7 Å². The molecule has 0 aliphatic rings. The summed E-state index contributed by atoms with van der Waals surface area (Å²) in [7, 11) is 0. The third-order valence-corrected chi connectivity index (χ3v) is 3.67. The summed E-state index contributed by atoms with van der Waals surface area (Å²) in [4.78, 5) is 11.7. The van der Waals surface area contributed by atoms with Gasteiger partial charge in [-0.05, 0) is 23.8 Å². The first-order valence-electron chi connectivity index (χ1n) is 7.54. The molecule has 0 radical (unpaired) electrons. The van der Waals surface area contributed by atoms with Crippen molar-refractivity contribution in [1.82, 2.24) is 4.40 Å². The number of pyridine rings is 1. The van der Waals surface area contributed by atoms with Crippen molar-refractivity contribution < 1.29 is 9.53 Å². The molecule has 25 heavy (non-hydrogen) atoms. The molecule has 2 heterocycles. The van der Waals surface area contributed by atoms with Crippen molar-refractivity contribution in [2.75, 3.05) is 0 Å². The van der Waals surface area contributed by atoms with E-state index >= 15 is 0 Å². The summed E-state index contributed by atoms with van der Waals surface area (Å²) in [5.41, 5.74) is 2.82. The zero-order valence-corrected chi connectivity index (χ0v) is 13.4. The van der Waals surface area contributed by atoms with Gasteiger partial charge in [-0.2, -0.15) is 10.5 Å². The standard InChI is InChI=1S/C20H13N3O2/c1-14(24)25-20-18(11-15(12-21)13-22)23-10-6-5-9-17(23)19(20)16-7-3-2-4-8-16/h2-11H,1H3. The molecule has 1 aromatic carbocycles. The van der Waals surface area contributed by atoms with Crippen LogP contribution in [-0.2, 0) is 4.79 Å². The molecule has 2 aromatic heterocycles. The van der Waals surface area contributed by atoms with Crippen molar-refractivity contribution >= 4 is 17.6 Å². The SMILES string of the molecule is CC(=O)Oc1c(-c2ccccc2)c2ccccn2c1C=C(C#N)C#N. The number of rotatable bonds is 3. The van der Waals surface area contributed by atoms with E-state index in [-0.39, 0.29) is 5.57 Å². The smallest absolute Gasteiger partial charge is 0.308 e. The van der Waals surface area contributed by atoms with Crippen LogP contribution in [0.1, 0.15) is 12.6 Å². The van der Waals surface area contributed by atoms with E-state index < -0.39 is 5.97 Å². The number of hydrogen-bond donors (Lipinski definition) is 0. The van der Waals surface area contributed by atoms with Gasteiger partial charge in [0.05, 0.1) is 16.8 Å². The van der Waals surface area contributed by atoms with Crippen molar-refractivity contribution in [2.45, 2.75) is 6.92 Å². The number of nitrogens with zero attached hydrogens (tertiary/aromatic N) is 3. The molecule has 0 unspecified atom stereocenters. The van der Waals surface area contributed by atoms with Crippen LogP contribution in [-0.4, -0.2) is 10.4 Å². The zero-order valence-electron chi connectivity index (χ0n) is 13.4. The molecule has 0 aliphatic heterocycles. The van der Waals surface area contributed by atoms with E-state index in [2.05, 4.69) is 0 Å². The van der Waals surface area contributed by atoms with Gasteiger partial charge in [0.15, 0.2) is 5.75 Å². The van der Waals surface area contributed by atoms with Crippen LogP contribution in [0.25, 0.3) is 22.7 Å². The summed E-state index contributed by atoms with van der Waals surface area (Å²) in [5.74, 6) is -0.147. The molecular formula is C20H13N3O2. The molecule has 0 bridgehead atoms. The molecule has 0 spiro atoms. The minimum absolute atomic E-state index is 0.0729. The highest BCUT2D eigenvalue weighted by Gasteiger charge is 2.21. The molecule has 0 saturated carbocycles. The van der Waals surface area contributed by atoms with Gasteiger partial charge in [0, 0.05) is 13.1 Å². The van der Waals surface area contributed by atoms with Gasteiger partial charge in [0.25, 0.3) is 0 Å². The Morgan fingerprint density at radius 1 is 1.08 bits per heavy atom. The highest BCUT2D eigenvalue weighted by Crippen LogP contribution is 2.40. The third-order valence-electron chi connectivity index (χ3n) is 3.67. The van der Waals surface area contributed by atoms with E-state index in [1.165, 1.54) is 13.0 Å². The molecule has 0 fully saturated rings. The lowest BCUT2D eigenvalue weighted by molar-refractivity contribution is -0.131. The van der Waals surface area contributed by atoms with E-state index in [0.717, 1.165) is 16.6 Å². The van der Waals surface area contributed by atoms with Crippen molar-refractivity contribution in [3.05, 3.63) is 66.0 Å². The number of benzene rings is 1. The average Bonchev–Trinajstić information content (AvgIpc) is 2.93. The Bertz CT molecular complexity index is 1050. The fourth-order valence-corrected chi connectivity index (χ4v) is 2.70. The van der Waals surface area contributed by atoms with Crippen LogP contribution in [0, 0.1) is 22.7 Å². The lowest BCUT2D eigenvalue weighted by Crippen LogP contribution is -2.03. The monoisotopic (exact) mass is 327 g/mol. The van der Waals surface area contributed by atoms with E-state index in [4.69, 9.17) is 15.3 Å². The second-order valence-electron chi connectivity index (χ2n) is 5.29. The second-order valence-corrected chi connectivity index (χ2v) is 5.29. The number of carbonyl (C=O) groups excluding carboxylic acids is 1. The number of nitriles is 2. The van der Waals surface area contributed by atoms with E-state index in [0.29, 0.717) is 11.4 Å². The first-order valence-corrected chi connectivity index (χ1v) is 7.54. The average molecular weight is 327 g/mol. The van der Waals surface area contributed by atoms with Gasteiger partial charge in [0.2, 0.25) is 0 Å². The van der Waals surface area contributed by atoms with Crippen molar-refractivity contribution in [3.63, 3.8) is 0 Å².